The number of rotatable bonds is 6. The van der Waals surface area contributed by atoms with Gasteiger partial charge in [0.15, 0.2) is 5.82 Å². The molecule has 0 spiro atoms. The van der Waals surface area contributed by atoms with Crippen LogP contribution in [-0.4, -0.2) is 27.0 Å². The second-order valence-electron chi connectivity index (χ2n) is 6.50. The monoisotopic (exact) mass is 362 g/mol. The van der Waals surface area contributed by atoms with Gasteiger partial charge in [-0.25, -0.2) is 9.97 Å². The van der Waals surface area contributed by atoms with E-state index in [0.717, 1.165) is 41.7 Å². The van der Waals surface area contributed by atoms with Crippen molar-refractivity contribution in [2.75, 3.05) is 12.3 Å². The molecule has 2 aromatic heterocycles. The lowest BCUT2D eigenvalue weighted by Crippen LogP contribution is -2.24. The first kappa shape index (κ1) is 18.4. The van der Waals surface area contributed by atoms with Gasteiger partial charge in [0.2, 0.25) is 0 Å². The maximum atomic E-state index is 12.1. The molecule has 1 aromatic carbocycles. The molecule has 0 atom stereocenters. The number of nitrogen functional groups attached to an aromatic ring is 1. The van der Waals surface area contributed by atoms with Crippen LogP contribution in [0.4, 0.5) is 5.82 Å². The number of fused-ring (bicyclic) bond motifs is 1. The van der Waals surface area contributed by atoms with Crippen LogP contribution >= 0.6 is 0 Å². The van der Waals surface area contributed by atoms with E-state index in [9.17, 15) is 4.79 Å². The normalized spacial score (nSPS) is 10.7. The van der Waals surface area contributed by atoms with E-state index in [0.29, 0.717) is 23.5 Å². The summed E-state index contributed by atoms with van der Waals surface area (Å²) < 4.78 is 2.09. The van der Waals surface area contributed by atoms with Crippen LogP contribution in [0.1, 0.15) is 40.0 Å². The summed E-state index contributed by atoms with van der Waals surface area (Å²) in [6, 6.07) is 8.73. The molecule has 3 N–H and O–H groups in total. The molecule has 0 bridgehead atoms. The number of nitrogens with zero attached hydrogens (tertiary/aromatic N) is 4. The molecule has 27 heavy (non-hydrogen) atoms. The molecular weight excluding hydrogens is 340 g/mol. The predicted molar refractivity (Wildman–Crippen MR) is 104 cm³/mol. The highest BCUT2D eigenvalue weighted by molar-refractivity contribution is 5.94. The van der Waals surface area contributed by atoms with Gasteiger partial charge in [0, 0.05) is 24.3 Å². The van der Waals surface area contributed by atoms with Crippen molar-refractivity contribution in [3.8, 4) is 6.07 Å². The lowest BCUT2D eigenvalue weighted by Gasteiger charge is -2.09. The number of anilines is 1. The minimum absolute atomic E-state index is 0.162. The summed E-state index contributed by atoms with van der Waals surface area (Å²) in [6.45, 7) is 5.33. The Kier molecular flexibility index (Phi) is 5.36. The predicted octanol–water partition coefficient (Wildman–Crippen LogP) is 2.71. The van der Waals surface area contributed by atoms with Crippen molar-refractivity contribution in [3.05, 3.63) is 53.0 Å². The van der Waals surface area contributed by atoms with Crippen molar-refractivity contribution in [2.24, 2.45) is 0 Å². The minimum Gasteiger partial charge on any atom is -0.382 e. The number of aryl methyl sites for hydroxylation is 3. The van der Waals surface area contributed by atoms with E-state index in [-0.39, 0.29) is 5.91 Å². The SMILES string of the molecule is Cc1nc(N)c2ncn(CCCCNC(=O)c3cccc(C#N)c3)c2c1C. The molecule has 0 aliphatic heterocycles. The summed E-state index contributed by atoms with van der Waals surface area (Å²) in [6.07, 6.45) is 3.52. The first-order valence-electron chi connectivity index (χ1n) is 8.87. The lowest BCUT2D eigenvalue weighted by molar-refractivity contribution is 0.0953. The molecule has 7 nitrogen and oxygen atoms in total. The van der Waals surface area contributed by atoms with Crippen LogP contribution in [0.5, 0.6) is 0 Å². The van der Waals surface area contributed by atoms with Gasteiger partial charge in [-0.15, -0.1) is 0 Å². The molecule has 0 saturated heterocycles. The van der Waals surface area contributed by atoms with Gasteiger partial charge in [-0.1, -0.05) is 6.07 Å². The Hall–Kier alpha value is -3.40. The van der Waals surface area contributed by atoms with E-state index in [4.69, 9.17) is 11.0 Å². The second kappa shape index (κ2) is 7.87. The molecule has 0 aliphatic carbocycles. The lowest BCUT2D eigenvalue weighted by atomic mass is 10.1. The first-order chi connectivity index (χ1) is 13.0. The van der Waals surface area contributed by atoms with E-state index in [2.05, 4.69) is 19.9 Å². The largest absolute Gasteiger partial charge is 0.382 e. The van der Waals surface area contributed by atoms with Gasteiger partial charge in [-0.05, 0) is 50.5 Å². The average Bonchev–Trinajstić information content (AvgIpc) is 3.10. The third-order valence-electron chi connectivity index (χ3n) is 4.63. The molecule has 7 heteroatoms. The van der Waals surface area contributed by atoms with Crippen LogP contribution in [0.15, 0.2) is 30.6 Å². The highest BCUT2D eigenvalue weighted by Gasteiger charge is 2.12. The van der Waals surface area contributed by atoms with Gasteiger partial charge >= 0.3 is 0 Å². The zero-order valence-corrected chi connectivity index (χ0v) is 15.5. The molecule has 0 fully saturated rings. The number of hydrogen-bond donors (Lipinski definition) is 2. The van der Waals surface area contributed by atoms with Crippen LogP contribution in [0.3, 0.4) is 0 Å². The van der Waals surface area contributed by atoms with Crippen LogP contribution in [-0.2, 0) is 6.54 Å². The molecule has 2 heterocycles. The summed E-state index contributed by atoms with van der Waals surface area (Å²) in [5.41, 5.74) is 10.7. The molecule has 138 valence electrons. The van der Waals surface area contributed by atoms with Crippen molar-refractivity contribution in [1.82, 2.24) is 19.9 Å². The highest BCUT2D eigenvalue weighted by atomic mass is 16.1. The van der Waals surface area contributed by atoms with Crippen LogP contribution in [0.25, 0.3) is 11.0 Å². The summed E-state index contributed by atoms with van der Waals surface area (Å²) >= 11 is 0. The van der Waals surface area contributed by atoms with Crippen molar-refractivity contribution >= 4 is 22.8 Å². The number of nitrogens with one attached hydrogen (secondary N) is 1. The van der Waals surface area contributed by atoms with Gasteiger partial charge in [0.25, 0.3) is 5.91 Å². The Balaban J connectivity index is 1.54. The number of carbonyl (C=O) groups is 1. The Bertz CT molecular complexity index is 1030. The molecule has 1 amide bonds. The number of aromatic nitrogens is 3. The maximum absolute atomic E-state index is 12.1. The molecular formula is C20H22N6O. The number of pyridine rings is 1. The number of hydrogen-bond acceptors (Lipinski definition) is 5. The highest BCUT2D eigenvalue weighted by Crippen LogP contribution is 2.24. The Morgan fingerprint density at radius 1 is 1.33 bits per heavy atom. The topological polar surface area (TPSA) is 110 Å². The number of amides is 1. The van der Waals surface area contributed by atoms with Gasteiger partial charge in [-0.2, -0.15) is 5.26 Å². The summed E-state index contributed by atoms with van der Waals surface area (Å²) in [4.78, 5) is 20.8. The second-order valence-corrected chi connectivity index (χ2v) is 6.50. The van der Waals surface area contributed by atoms with Crippen molar-refractivity contribution in [1.29, 1.82) is 5.26 Å². The third kappa shape index (κ3) is 3.90. The van der Waals surface area contributed by atoms with Crippen LogP contribution in [0, 0.1) is 25.2 Å². The van der Waals surface area contributed by atoms with E-state index < -0.39 is 0 Å². The fourth-order valence-electron chi connectivity index (χ4n) is 3.06. The number of nitriles is 1. The quantitative estimate of drug-likeness (QED) is 0.655. The first-order valence-corrected chi connectivity index (χ1v) is 8.87. The number of carbonyl (C=O) groups excluding carboxylic acids is 1. The molecule has 3 aromatic rings. The maximum Gasteiger partial charge on any atom is 0.251 e. The smallest absolute Gasteiger partial charge is 0.251 e. The number of unbranched alkanes of at least 4 members (excludes halogenated alkanes) is 1. The Morgan fingerprint density at radius 2 is 2.15 bits per heavy atom. The van der Waals surface area contributed by atoms with Crippen LogP contribution < -0.4 is 11.1 Å². The van der Waals surface area contributed by atoms with E-state index >= 15 is 0 Å². The number of nitrogens with two attached hydrogens (primary N) is 1. The standard InChI is InChI=1S/C20H22N6O/c1-13-14(2)25-19(22)17-18(13)26(12-24-17)9-4-3-8-23-20(27)16-7-5-6-15(10-16)11-21/h5-7,10,12H,3-4,8-9H2,1-2H3,(H2,22,25)(H,23,27). The van der Waals surface area contributed by atoms with Crippen LogP contribution in [0.2, 0.25) is 0 Å². The average molecular weight is 362 g/mol. The van der Waals surface area contributed by atoms with Gasteiger partial charge in [0.1, 0.15) is 5.52 Å². The van der Waals surface area contributed by atoms with Gasteiger partial charge < -0.3 is 15.6 Å². The molecule has 3 rings (SSSR count). The third-order valence-corrected chi connectivity index (χ3v) is 4.63. The van der Waals surface area contributed by atoms with Crippen molar-refractivity contribution in [2.45, 2.75) is 33.2 Å². The molecule has 0 aliphatic rings. The molecule has 0 saturated carbocycles. The van der Waals surface area contributed by atoms with E-state index in [1.807, 2.05) is 19.9 Å². The van der Waals surface area contributed by atoms with E-state index in [1.165, 1.54) is 0 Å². The fourth-order valence-corrected chi connectivity index (χ4v) is 3.06. The van der Waals surface area contributed by atoms with Gasteiger partial charge in [-0.3, -0.25) is 4.79 Å². The fraction of sp³-hybridized carbons (Fsp3) is 0.300. The Morgan fingerprint density at radius 3 is 2.93 bits per heavy atom. The molecule has 0 radical (unpaired) electrons. The summed E-state index contributed by atoms with van der Waals surface area (Å²) in [7, 11) is 0. The number of benzene rings is 1. The Labute approximate surface area is 157 Å². The van der Waals surface area contributed by atoms with Crippen molar-refractivity contribution in [3.63, 3.8) is 0 Å². The zero-order chi connectivity index (χ0) is 19.4. The van der Waals surface area contributed by atoms with Gasteiger partial charge in [0.05, 0.1) is 23.5 Å². The van der Waals surface area contributed by atoms with Crippen molar-refractivity contribution < 1.29 is 4.79 Å². The zero-order valence-electron chi connectivity index (χ0n) is 15.5. The summed E-state index contributed by atoms with van der Waals surface area (Å²) in [5.74, 6) is 0.296. The molecule has 0 unspecified atom stereocenters. The minimum atomic E-state index is -0.162. The number of imidazole rings is 1. The summed E-state index contributed by atoms with van der Waals surface area (Å²) in [5, 5.41) is 11.8. The van der Waals surface area contributed by atoms with E-state index in [1.54, 1.807) is 30.6 Å².